The van der Waals surface area contributed by atoms with Crippen LogP contribution in [0.25, 0.3) is 0 Å². The Bertz CT molecular complexity index is 981. The fourth-order valence-corrected chi connectivity index (χ4v) is 4.73. The molecule has 1 aromatic heterocycles. The normalized spacial score (nSPS) is 21.2. The van der Waals surface area contributed by atoms with Crippen molar-refractivity contribution in [1.29, 1.82) is 0 Å². The van der Waals surface area contributed by atoms with Gasteiger partial charge in [-0.05, 0) is 19.1 Å². The Balaban J connectivity index is 0.00000385. The number of thioether (sulfide) groups is 1. The molecule has 3 rings (SSSR count). The van der Waals surface area contributed by atoms with E-state index in [1.165, 1.54) is 6.26 Å². The number of ether oxygens (including phenoxy) is 2. The monoisotopic (exact) mass is 489 g/mol. The zero-order valence-electron chi connectivity index (χ0n) is 18.2. The van der Waals surface area contributed by atoms with Crippen molar-refractivity contribution < 1.29 is 72.5 Å². The number of β-lactam (4-membered cyclic amide) rings is 1. The molecule has 0 unspecified atom stereocenters. The van der Waals surface area contributed by atoms with Crippen molar-refractivity contribution in [2.75, 3.05) is 19.0 Å². The van der Waals surface area contributed by atoms with Crippen LogP contribution in [-0.4, -0.2) is 64.7 Å². The maximum absolute atomic E-state index is 13.2. The molecular weight excluding hydrogens is 469 g/mol. The number of fused-ring (bicyclic) bond motifs is 1. The molecule has 1 fully saturated rings. The van der Waals surface area contributed by atoms with Crippen LogP contribution in [-0.2, 0) is 35.1 Å². The summed E-state index contributed by atoms with van der Waals surface area (Å²) in [4.78, 5) is 61.7. The molecule has 0 aliphatic carbocycles. The molecule has 0 radical (unpaired) electrons. The summed E-state index contributed by atoms with van der Waals surface area (Å²) in [7, 11) is 0. The summed E-state index contributed by atoms with van der Waals surface area (Å²) in [5.74, 6) is -3.46. The topological polar surface area (TPSA) is 167 Å². The number of carboxylic acid groups (broad SMARTS) is 1. The quantitative estimate of drug-likeness (QED) is 0.158. The Kier molecular flexibility index (Phi) is 9.00. The molecule has 0 aromatic carbocycles. The molecule has 2 N–H and O–H groups in total. The summed E-state index contributed by atoms with van der Waals surface area (Å²) in [6, 6.07) is 3.15. The number of hydrogen-bond donors (Lipinski definition) is 2. The Labute approximate surface area is 214 Å². The van der Waals surface area contributed by atoms with Crippen molar-refractivity contribution in [3.63, 3.8) is 0 Å². The number of aliphatic carboxylic acids is 1. The average molecular weight is 489 g/mol. The minimum Gasteiger partial charge on any atom is -0.543 e. The van der Waals surface area contributed by atoms with Crippen molar-refractivity contribution in [1.82, 2.24) is 15.5 Å². The molecule has 0 bridgehead atoms. The first-order chi connectivity index (χ1) is 15.2. The molecular formula is C19H20N3NaO9S. The van der Waals surface area contributed by atoms with Crippen LogP contribution in [0.15, 0.2) is 34.1 Å². The van der Waals surface area contributed by atoms with Gasteiger partial charge in [0.1, 0.15) is 17.7 Å². The van der Waals surface area contributed by atoms with Gasteiger partial charge in [-0.3, -0.25) is 24.6 Å². The predicted octanol–water partition coefficient (Wildman–Crippen LogP) is -4.13. The van der Waals surface area contributed by atoms with Gasteiger partial charge < -0.3 is 29.1 Å². The van der Waals surface area contributed by atoms with E-state index < -0.39 is 46.6 Å². The van der Waals surface area contributed by atoms with Crippen molar-refractivity contribution in [2.45, 2.75) is 31.3 Å². The minimum absolute atomic E-state index is 0. The second kappa shape index (κ2) is 11.1. The summed E-state index contributed by atoms with van der Waals surface area (Å²) < 4.78 is 14.8. The van der Waals surface area contributed by atoms with Gasteiger partial charge in [-0.25, -0.2) is 4.79 Å². The molecule has 3 amide bonds. The third-order valence-corrected chi connectivity index (χ3v) is 6.02. The number of carbonyl (C=O) groups is 5. The Morgan fingerprint density at radius 1 is 1.30 bits per heavy atom. The molecule has 0 saturated carbocycles. The molecule has 14 heteroatoms. The number of alkyl carbamates (subject to hydrolysis) is 1. The number of nitrogens with zero attached hydrogens (tertiary/aromatic N) is 1. The molecule has 1 saturated heterocycles. The minimum atomic E-state index is -1.95. The molecule has 2 atom stereocenters. The molecule has 0 spiro atoms. The number of furan rings is 1. The van der Waals surface area contributed by atoms with Crippen LogP contribution < -0.4 is 45.3 Å². The van der Waals surface area contributed by atoms with Crippen LogP contribution in [0.4, 0.5) is 4.79 Å². The maximum atomic E-state index is 13.2. The maximum Gasteiger partial charge on any atom is 1.00 e. The van der Waals surface area contributed by atoms with E-state index in [4.69, 9.17) is 13.9 Å². The van der Waals surface area contributed by atoms with Crippen LogP contribution in [0.2, 0.25) is 0 Å². The van der Waals surface area contributed by atoms with Crippen molar-refractivity contribution >= 4 is 41.6 Å². The van der Waals surface area contributed by atoms with Gasteiger partial charge in [-0.1, -0.05) is 0 Å². The molecule has 12 nitrogen and oxygen atoms in total. The summed E-state index contributed by atoms with van der Waals surface area (Å²) in [5.41, 5.74) is -2.27. The first kappa shape index (κ1) is 26.8. The van der Waals surface area contributed by atoms with Gasteiger partial charge in [0, 0.05) is 18.2 Å². The van der Waals surface area contributed by atoms with Crippen LogP contribution in [0.1, 0.15) is 19.6 Å². The first-order valence-electron chi connectivity index (χ1n) is 9.50. The van der Waals surface area contributed by atoms with Gasteiger partial charge in [0.05, 0.1) is 31.0 Å². The second-order valence-corrected chi connectivity index (χ2v) is 7.88. The van der Waals surface area contributed by atoms with E-state index in [0.717, 1.165) is 23.6 Å². The van der Waals surface area contributed by atoms with Gasteiger partial charge in [-0.2, -0.15) is 0 Å². The number of carboxylic acids is 1. The number of amides is 3. The van der Waals surface area contributed by atoms with E-state index in [0.29, 0.717) is 5.76 Å². The van der Waals surface area contributed by atoms with E-state index in [9.17, 15) is 29.1 Å². The van der Waals surface area contributed by atoms with Crippen LogP contribution in [0, 0.1) is 0 Å². The predicted molar refractivity (Wildman–Crippen MR) is 105 cm³/mol. The zero-order valence-corrected chi connectivity index (χ0v) is 21.0. The number of esters is 1. The third-order valence-electron chi connectivity index (χ3n) is 4.62. The van der Waals surface area contributed by atoms with E-state index in [2.05, 4.69) is 10.6 Å². The average Bonchev–Trinajstić information content (AvgIpc) is 3.23. The smallest absolute Gasteiger partial charge is 0.543 e. The van der Waals surface area contributed by atoms with Gasteiger partial charge in [0.2, 0.25) is 11.6 Å². The first-order valence-corrected chi connectivity index (χ1v) is 10.5. The second-order valence-electron chi connectivity index (χ2n) is 6.82. The van der Waals surface area contributed by atoms with Gasteiger partial charge in [0.15, 0.2) is 0 Å². The van der Waals surface area contributed by atoms with Gasteiger partial charge in [0.25, 0.3) is 5.91 Å². The summed E-state index contributed by atoms with van der Waals surface area (Å²) in [5, 5.41) is 15.6. The van der Waals surface area contributed by atoms with E-state index in [-0.39, 0.29) is 60.5 Å². The molecule has 172 valence electrons. The summed E-state index contributed by atoms with van der Waals surface area (Å²) in [6.07, 6.45) is 0.193. The van der Waals surface area contributed by atoms with Crippen molar-refractivity contribution in [3.05, 3.63) is 35.4 Å². The van der Waals surface area contributed by atoms with Gasteiger partial charge in [-0.15, -0.1) is 11.8 Å². The van der Waals surface area contributed by atoms with E-state index in [1.54, 1.807) is 19.1 Å². The Morgan fingerprint density at radius 3 is 2.61 bits per heavy atom. The van der Waals surface area contributed by atoms with Crippen LogP contribution >= 0.6 is 11.8 Å². The number of hydrogen-bond acceptors (Lipinski definition) is 10. The van der Waals surface area contributed by atoms with Crippen molar-refractivity contribution in [3.8, 4) is 0 Å². The van der Waals surface area contributed by atoms with E-state index in [1.807, 2.05) is 0 Å². The Hall–Kier alpha value is -2.48. The molecule has 2 aliphatic heterocycles. The van der Waals surface area contributed by atoms with Crippen molar-refractivity contribution in [2.24, 2.45) is 0 Å². The summed E-state index contributed by atoms with van der Waals surface area (Å²) >= 11 is 1.07. The molecule has 2 aliphatic rings. The SMILES string of the molecule is CCOC(=O)N[C@@]1(NC(=O)Cc2ccco2)C(=O)N2C(C(=O)[O-])=C(COC(C)=O)CS[C@@H]21.[Na+]. The van der Waals surface area contributed by atoms with E-state index >= 15 is 0 Å². The fraction of sp³-hybridized carbons (Fsp3) is 0.421. The standard InChI is InChI=1S/C19H21N3O9S.Na/c1-3-29-18(28)21-19(20-13(24)7-12-5-4-6-30-12)16(27)22-14(15(25)26)11(8-31-10(2)23)9-32-17(19)22;/h4-6,17H,3,7-9H2,1-2H3,(H,20,24)(H,21,28)(H,25,26);/q;+1/p-1/t17-,19+;/m1./s1. The van der Waals surface area contributed by atoms with Crippen LogP contribution in [0.5, 0.6) is 0 Å². The largest absolute Gasteiger partial charge is 1.00 e. The number of nitrogens with one attached hydrogen (secondary N) is 2. The summed E-state index contributed by atoms with van der Waals surface area (Å²) in [6.45, 7) is 2.39. The number of carbonyl (C=O) groups excluding carboxylic acids is 5. The van der Waals surface area contributed by atoms with Crippen LogP contribution in [0.3, 0.4) is 0 Å². The Morgan fingerprint density at radius 2 is 2.03 bits per heavy atom. The number of rotatable bonds is 8. The molecule has 3 heterocycles. The zero-order chi connectivity index (χ0) is 23.5. The third kappa shape index (κ3) is 5.54. The van der Waals surface area contributed by atoms with Gasteiger partial charge >= 0.3 is 41.6 Å². The molecule has 1 aromatic rings. The molecule has 33 heavy (non-hydrogen) atoms. The fourth-order valence-electron chi connectivity index (χ4n) is 3.33.